The average Bonchev–Trinajstić information content (AvgIpc) is 3.25. The third kappa shape index (κ3) is 5.97. The fourth-order valence-corrected chi connectivity index (χ4v) is 4.80. The minimum Gasteiger partial charge on any atom is -0.508 e. The molecule has 10 heteroatoms. The number of hydrogen-bond acceptors (Lipinski definition) is 6. The van der Waals surface area contributed by atoms with Crippen LogP contribution in [-0.2, 0) is 18.4 Å². The zero-order chi connectivity index (χ0) is 27.6. The van der Waals surface area contributed by atoms with E-state index in [1.165, 1.54) is 12.4 Å². The number of aromatic nitrogens is 4. The Morgan fingerprint density at radius 2 is 1.74 bits per heavy atom. The Kier molecular flexibility index (Phi) is 7.75. The van der Waals surface area contributed by atoms with Gasteiger partial charge in [-0.1, -0.05) is 26.8 Å². The van der Waals surface area contributed by atoms with Gasteiger partial charge < -0.3 is 20.5 Å². The molecule has 0 aliphatic heterocycles. The van der Waals surface area contributed by atoms with Crippen LogP contribution >= 0.6 is 0 Å². The second kappa shape index (κ2) is 10.7. The number of nitrogens with one attached hydrogen (secondary N) is 2. The number of benzene rings is 1. The molecule has 4 rings (SSSR count). The van der Waals surface area contributed by atoms with Gasteiger partial charge in [-0.3, -0.25) is 0 Å². The quantitative estimate of drug-likeness (QED) is 0.205. The van der Waals surface area contributed by atoms with Crippen molar-refractivity contribution in [2.24, 2.45) is 0 Å². The predicted molar refractivity (Wildman–Crippen MR) is 140 cm³/mol. The number of nitrogens with zero attached hydrogens (tertiary/aromatic N) is 3. The lowest BCUT2D eigenvalue weighted by Gasteiger charge is -2.38. The molecule has 0 fully saturated rings. The number of hydrogen-bond donors (Lipinski definition) is 4. The Bertz CT molecular complexity index is 1390. The minimum absolute atomic E-state index is 0.154. The number of aromatic hydroxyl groups is 1. The van der Waals surface area contributed by atoms with Gasteiger partial charge in [0.25, 0.3) is 0 Å². The van der Waals surface area contributed by atoms with E-state index >= 15 is 0 Å². The molecule has 1 atom stereocenters. The first-order valence-corrected chi connectivity index (χ1v) is 12.5. The van der Waals surface area contributed by atoms with Crippen molar-refractivity contribution < 1.29 is 23.4 Å². The normalized spacial score (nSPS) is 14.1. The third-order valence-electron chi connectivity index (χ3n) is 6.69. The summed E-state index contributed by atoms with van der Waals surface area (Å²) in [6.45, 7) is 6.60. The standard InChI is InChI=1S/C28H32F3N5O2/c1-4-9-32-15-20-6-7-23-24(35-20)11-21(36-23)12-27(38,28(29,30)31)16-26(2,3)22-10-18(5-8-25(22)37)19-13-33-17-34-14-19/h5-8,10-11,13-14,17,32,36-38H,4,9,12,15-16H2,1-3H3. The first-order chi connectivity index (χ1) is 17.9. The lowest BCUT2D eigenvalue weighted by Crippen LogP contribution is -2.50. The summed E-state index contributed by atoms with van der Waals surface area (Å²) in [4.78, 5) is 15.5. The van der Waals surface area contributed by atoms with E-state index in [4.69, 9.17) is 0 Å². The van der Waals surface area contributed by atoms with E-state index in [2.05, 4.69) is 32.2 Å². The fraction of sp³-hybridized carbons (Fsp3) is 0.393. The highest BCUT2D eigenvalue weighted by Crippen LogP contribution is 2.45. The van der Waals surface area contributed by atoms with Crippen LogP contribution in [0.1, 0.15) is 50.6 Å². The molecule has 0 aliphatic carbocycles. The summed E-state index contributed by atoms with van der Waals surface area (Å²) >= 11 is 0. The summed E-state index contributed by atoms with van der Waals surface area (Å²) in [5.41, 5.74) is -0.594. The summed E-state index contributed by atoms with van der Waals surface area (Å²) < 4.78 is 43.2. The predicted octanol–water partition coefficient (Wildman–Crippen LogP) is 5.43. The van der Waals surface area contributed by atoms with Crippen molar-refractivity contribution in [1.82, 2.24) is 25.3 Å². The van der Waals surface area contributed by atoms with Gasteiger partial charge in [-0.25, -0.2) is 15.0 Å². The maximum absolute atomic E-state index is 14.4. The summed E-state index contributed by atoms with van der Waals surface area (Å²) in [5, 5.41) is 25.0. The van der Waals surface area contributed by atoms with Crippen molar-refractivity contribution in [3.05, 3.63) is 72.1 Å². The monoisotopic (exact) mass is 527 g/mol. The molecule has 0 saturated carbocycles. The number of pyridine rings is 1. The molecule has 1 aromatic carbocycles. The molecule has 7 nitrogen and oxygen atoms in total. The summed E-state index contributed by atoms with van der Waals surface area (Å²) in [5.74, 6) is -0.154. The van der Waals surface area contributed by atoms with Crippen molar-refractivity contribution in [2.45, 2.75) is 63.8 Å². The second-order valence-electron chi connectivity index (χ2n) is 10.3. The van der Waals surface area contributed by atoms with Gasteiger partial charge >= 0.3 is 6.18 Å². The van der Waals surface area contributed by atoms with Crippen LogP contribution in [0.4, 0.5) is 13.2 Å². The minimum atomic E-state index is -4.93. The van der Waals surface area contributed by atoms with Crippen LogP contribution in [0.15, 0.2) is 55.1 Å². The Balaban J connectivity index is 1.63. The van der Waals surface area contributed by atoms with Gasteiger partial charge in [0.05, 0.1) is 16.7 Å². The zero-order valence-corrected chi connectivity index (χ0v) is 21.6. The Labute approximate surface area is 219 Å². The van der Waals surface area contributed by atoms with E-state index in [1.54, 1.807) is 50.5 Å². The van der Waals surface area contributed by atoms with Crippen LogP contribution < -0.4 is 5.32 Å². The molecule has 3 heterocycles. The number of phenolic OH excluding ortho intramolecular Hbond substituents is 1. The number of alkyl halides is 3. The molecule has 0 saturated heterocycles. The molecular formula is C28H32F3N5O2. The van der Waals surface area contributed by atoms with Crippen LogP contribution in [0.25, 0.3) is 22.2 Å². The second-order valence-corrected chi connectivity index (χ2v) is 10.3. The maximum atomic E-state index is 14.4. The number of halogens is 3. The number of H-pyrrole nitrogens is 1. The molecule has 4 aromatic rings. The fourth-order valence-electron chi connectivity index (χ4n) is 4.80. The van der Waals surface area contributed by atoms with Crippen LogP contribution in [0.5, 0.6) is 5.75 Å². The van der Waals surface area contributed by atoms with Crippen LogP contribution in [0.2, 0.25) is 0 Å². The molecule has 0 radical (unpaired) electrons. The van der Waals surface area contributed by atoms with Crippen molar-refractivity contribution in [3.8, 4) is 16.9 Å². The highest BCUT2D eigenvalue weighted by Gasteiger charge is 2.56. The van der Waals surface area contributed by atoms with Crippen molar-refractivity contribution in [1.29, 1.82) is 0 Å². The van der Waals surface area contributed by atoms with E-state index < -0.39 is 30.0 Å². The molecule has 3 aromatic heterocycles. The molecule has 38 heavy (non-hydrogen) atoms. The Hall–Kier alpha value is -3.50. The van der Waals surface area contributed by atoms with Gasteiger partial charge in [-0.05, 0) is 60.7 Å². The SMILES string of the molecule is CCCNCc1ccc2[nH]c(CC(O)(CC(C)(C)c3cc(-c4cncnc4)ccc3O)C(F)(F)F)cc2n1. The Morgan fingerprint density at radius 1 is 1.00 bits per heavy atom. The average molecular weight is 528 g/mol. The van der Waals surface area contributed by atoms with Crippen LogP contribution in [0.3, 0.4) is 0 Å². The van der Waals surface area contributed by atoms with E-state index in [0.717, 1.165) is 18.7 Å². The third-order valence-corrected chi connectivity index (χ3v) is 6.69. The molecule has 0 bridgehead atoms. The smallest absolute Gasteiger partial charge is 0.417 e. The van der Waals surface area contributed by atoms with Gasteiger partial charge in [0.15, 0.2) is 5.60 Å². The van der Waals surface area contributed by atoms with Crippen molar-refractivity contribution in [3.63, 3.8) is 0 Å². The van der Waals surface area contributed by atoms with Crippen LogP contribution in [-0.4, -0.2) is 48.5 Å². The van der Waals surface area contributed by atoms with Gasteiger partial charge in [0, 0.05) is 42.2 Å². The number of aliphatic hydroxyl groups is 1. The number of phenols is 1. The molecule has 0 spiro atoms. The molecule has 202 valence electrons. The zero-order valence-electron chi connectivity index (χ0n) is 21.6. The Morgan fingerprint density at radius 3 is 2.42 bits per heavy atom. The van der Waals surface area contributed by atoms with E-state index in [0.29, 0.717) is 28.7 Å². The van der Waals surface area contributed by atoms with Gasteiger partial charge in [-0.2, -0.15) is 13.2 Å². The topological polar surface area (TPSA) is 107 Å². The van der Waals surface area contributed by atoms with Gasteiger partial charge in [-0.15, -0.1) is 0 Å². The lowest BCUT2D eigenvalue weighted by atomic mass is 9.72. The highest BCUT2D eigenvalue weighted by atomic mass is 19.4. The van der Waals surface area contributed by atoms with E-state index in [1.807, 2.05) is 6.07 Å². The summed E-state index contributed by atoms with van der Waals surface area (Å²) in [6.07, 6.45) is -0.777. The molecular weight excluding hydrogens is 495 g/mol. The molecule has 0 amide bonds. The van der Waals surface area contributed by atoms with Gasteiger partial charge in [0.2, 0.25) is 0 Å². The van der Waals surface area contributed by atoms with Crippen LogP contribution in [0, 0.1) is 0 Å². The molecule has 0 aliphatic rings. The maximum Gasteiger partial charge on any atom is 0.417 e. The van der Waals surface area contributed by atoms with Gasteiger partial charge in [0.1, 0.15) is 12.1 Å². The summed E-state index contributed by atoms with van der Waals surface area (Å²) in [6, 6.07) is 9.84. The van der Waals surface area contributed by atoms with Crippen molar-refractivity contribution in [2.75, 3.05) is 6.54 Å². The number of rotatable bonds is 10. The van der Waals surface area contributed by atoms with E-state index in [9.17, 15) is 23.4 Å². The lowest BCUT2D eigenvalue weighted by molar-refractivity contribution is -0.266. The van der Waals surface area contributed by atoms with E-state index in [-0.39, 0.29) is 17.0 Å². The number of fused-ring (bicyclic) bond motifs is 1. The first-order valence-electron chi connectivity index (χ1n) is 12.5. The largest absolute Gasteiger partial charge is 0.508 e. The highest BCUT2D eigenvalue weighted by molar-refractivity contribution is 5.76. The number of aromatic amines is 1. The summed E-state index contributed by atoms with van der Waals surface area (Å²) in [7, 11) is 0. The van der Waals surface area contributed by atoms with Crippen molar-refractivity contribution >= 4 is 11.0 Å². The molecule has 1 unspecified atom stereocenters. The first kappa shape index (κ1) is 27.5. The molecule has 4 N–H and O–H groups in total.